The Morgan fingerprint density at radius 1 is 1.62 bits per heavy atom. The Kier molecular flexibility index (Phi) is 3.38. The average molecular weight is 226 g/mol. The first kappa shape index (κ1) is 12.7. The lowest BCUT2D eigenvalue weighted by molar-refractivity contribution is -0.153. The SMILES string of the molecule is COC(=O)C(O)C(C)(C)c1cnn(C)c1C. The Bertz CT molecular complexity index is 396. The molecule has 1 aromatic rings. The molecule has 0 amide bonds. The normalized spacial score (nSPS) is 13.6. The van der Waals surface area contributed by atoms with Crippen LogP contribution in [0.15, 0.2) is 6.20 Å². The second kappa shape index (κ2) is 4.25. The lowest BCUT2D eigenvalue weighted by atomic mass is 9.79. The fourth-order valence-corrected chi connectivity index (χ4v) is 1.68. The van der Waals surface area contributed by atoms with Crippen LogP contribution in [-0.2, 0) is 22.0 Å². The minimum Gasteiger partial charge on any atom is -0.467 e. The molecule has 0 aliphatic heterocycles. The van der Waals surface area contributed by atoms with Gasteiger partial charge in [0.1, 0.15) is 0 Å². The molecule has 0 aromatic carbocycles. The van der Waals surface area contributed by atoms with E-state index < -0.39 is 17.5 Å². The van der Waals surface area contributed by atoms with E-state index in [-0.39, 0.29) is 0 Å². The number of methoxy groups -OCH3 is 1. The van der Waals surface area contributed by atoms with Crippen molar-refractivity contribution in [3.63, 3.8) is 0 Å². The highest BCUT2D eigenvalue weighted by Crippen LogP contribution is 2.29. The Morgan fingerprint density at radius 3 is 2.56 bits per heavy atom. The minimum absolute atomic E-state index is 0.631. The molecule has 1 rings (SSSR count). The molecule has 0 radical (unpaired) electrons. The summed E-state index contributed by atoms with van der Waals surface area (Å²) in [6, 6.07) is 0. The first-order chi connectivity index (χ1) is 7.32. The number of aryl methyl sites for hydroxylation is 1. The molecule has 1 N–H and O–H groups in total. The van der Waals surface area contributed by atoms with Crippen LogP contribution in [0.2, 0.25) is 0 Å². The molecule has 5 heteroatoms. The van der Waals surface area contributed by atoms with Gasteiger partial charge in [0.15, 0.2) is 6.10 Å². The average Bonchev–Trinajstić information content (AvgIpc) is 2.58. The van der Waals surface area contributed by atoms with Gasteiger partial charge in [-0.1, -0.05) is 13.8 Å². The zero-order valence-corrected chi connectivity index (χ0v) is 10.3. The molecule has 0 saturated carbocycles. The van der Waals surface area contributed by atoms with Crippen molar-refractivity contribution in [1.29, 1.82) is 0 Å². The van der Waals surface area contributed by atoms with Crippen LogP contribution < -0.4 is 0 Å². The highest BCUT2D eigenvalue weighted by molar-refractivity contribution is 5.76. The Hall–Kier alpha value is -1.36. The molecule has 0 fully saturated rings. The third-order valence-corrected chi connectivity index (χ3v) is 3.04. The van der Waals surface area contributed by atoms with Crippen molar-refractivity contribution >= 4 is 5.97 Å². The molecule has 0 saturated heterocycles. The number of hydrogen-bond acceptors (Lipinski definition) is 4. The van der Waals surface area contributed by atoms with Crippen molar-refractivity contribution in [2.45, 2.75) is 32.3 Å². The van der Waals surface area contributed by atoms with Crippen molar-refractivity contribution in [2.24, 2.45) is 7.05 Å². The number of hydrogen-bond donors (Lipinski definition) is 1. The number of carbonyl (C=O) groups excluding carboxylic acids is 1. The third-order valence-electron chi connectivity index (χ3n) is 3.04. The summed E-state index contributed by atoms with van der Waals surface area (Å²) < 4.78 is 6.26. The van der Waals surface area contributed by atoms with Gasteiger partial charge in [-0.25, -0.2) is 4.79 Å². The number of esters is 1. The third kappa shape index (κ3) is 1.95. The van der Waals surface area contributed by atoms with Crippen LogP contribution in [0.5, 0.6) is 0 Å². The second-order valence-electron chi connectivity index (χ2n) is 4.41. The number of carbonyl (C=O) groups is 1. The lowest BCUT2D eigenvalue weighted by Crippen LogP contribution is -2.41. The van der Waals surface area contributed by atoms with Crippen LogP contribution in [0.25, 0.3) is 0 Å². The van der Waals surface area contributed by atoms with Crippen LogP contribution in [0, 0.1) is 6.92 Å². The Labute approximate surface area is 95.0 Å². The highest BCUT2D eigenvalue weighted by atomic mass is 16.5. The zero-order chi connectivity index (χ0) is 12.5. The number of aliphatic hydroxyl groups excluding tert-OH is 1. The van der Waals surface area contributed by atoms with E-state index in [0.29, 0.717) is 0 Å². The molecule has 0 aliphatic carbocycles. The fraction of sp³-hybridized carbons (Fsp3) is 0.636. The predicted octanol–water partition coefficient (Wildman–Crippen LogP) is 0.540. The van der Waals surface area contributed by atoms with Crippen LogP contribution in [0.4, 0.5) is 0 Å². The molecule has 1 heterocycles. The summed E-state index contributed by atoms with van der Waals surface area (Å²) in [6.45, 7) is 5.48. The maximum atomic E-state index is 11.4. The number of nitrogens with zero attached hydrogens (tertiary/aromatic N) is 2. The molecule has 90 valence electrons. The molecule has 0 spiro atoms. The summed E-state index contributed by atoms with van der Waals surface area (Å²) in [7, 11) is 3.08. The summed E-state index contributed by atoms with van der Waals surface area (Å²) in [5, 5.41) is 14.0. The molecule has 0 bridgehead atoms. The monoisotopic (exact) mass is 226 g/mol. The van der Waals surface area contributed by atoms with Crippen LogP contribution in [-0.4, -0.2) is 34.1 Å². The van der Waals surface area contributed by atoms with Gasteiger partial charge in [0.25, 0.3) is 0 Å². The molecule has 1 atom stereocenters. The van der Waals surface area contributed by atoms with Gasteiger partial charge < -0.3 is 9.84 Å². The standard InChI is InChI=1S/C11H18N2O3/c1-7-8(6-12-13(7)4)11(2,3)9(14)10(15)16-5/h6,9,14H,1-5H3. The topological polar surface area (TPSA) is 64.3 Å². The van der Waals surface area contributed by atoms with Crippen LogP contribution >= 0.6 is 0 Å². The van der Waals surface area contributed by atoms with Gasteiger partial charge in [-0.3, -0.25) is 4.68 Å². The van der Waals surface area contributed by atoms with Gasteiger partial charge in [-0.2, -0.15) is 5.10 Å². The van der Waals surface area contributed by atoms with Gasteiger partial charge in [-0.05, 0) is 6.92 Å². The molecular weight excluding hydrogens is 208 g/mol. The molecule has 1 aromatic heterocycles. The van der Waals surface area contributed by atoms with Gasteiger partial charge in [0, 0.05) is 23.7 Å². The number of aliphatic hydroxyl groups is 1. The number of ether oxygens (including phenoxy) is 1. The van der Waals surface area contributed by atoms with E-state index >= 15 is 0 Å². The second-order valence-corrected chi connectivity index (χ2v) is 4.41. The highest BCUT2D eigenvalue weighted by Gasteiger charge is 2.38. The summed E-state index contributed by atoms with van der Waals surface area (Å²) in [5.41, 5.74) is 1.05. The Balaban J connectivity index is 3.10. The van der Waals surface area contributed by atoms with Crippen LogP contribution in [0.3, 0.4) is 0 Å². The fourth-order valence-electron chi connectivity index (χ4n) is 1.68. The van der Waals surface area contributed by atoms with E-state index in [1.165, 1.54) is 7.11 Å². The smallest absolute Gasteiger partial charge is 0.335 e. The van der Waals surface area contributed by atoms with Crippen molar-refractivity contribution in [1.82, 2.24) is 9.78 Å². The Morgan fingerprint density at radius 2 is 2.19 bits per heavy atom. The van der Waals surface area contributed by atoms with Gasteiger partial charge in [0.2, 0.25) is 0 Å². The van der Waals surface area contributed by atoms with Crippen molar-refractivity contribution in [3.05, 3.63) is 17.5 Å². The van der Waals surface area contributed by atoms with Crippen molar-refractivity contribution < 1.29 is 14.6 Å². The molecular formula is C11H18N2O3. The number of aromatic nitrogens is 2. The first-order valence-corrected chi connectivity index (χ1v) is 5.07. The summed E-state index contributed by atoms with van der Waals surface area (Å²) in [6.07, 6.45) is 0.474. The quantitative estimate of drug-likeness (QED) is 0.764. The summed E-state index contributed by atoms with van der Waals surface area (Å²) >= 11 is 0. The molecule has 5 nitrogen and oxygen atoms in total. The van der Waals surface area contributed by atoms with E-state index in [2.05, 4.69) is 9.84 Å². The van der Waals surface area contributed by atoms with Crippen molar-refractivity contribution in [2.75, 3.05) is 7.11 Å². The van der Waals surface area contributed by atoms with Gasteiger partial charge in [0.05, 0.1) is 13.3 Å². The van der Waals surface area contributed by atoms with E-state index in [4.69, 9.17) is 0 Å². The van der Waals surface area contributed by atoms with E-state index in [1.807, 2.05) is 14.0 Å². The molecule has 1 unspecified atom stereocenters. The number of rotatable bonds is 3. The zero-order valence-electron chi connectivity index (χ0n) is 10.3. The molecule has 16 heavy (non-hydrogen) atoms. The largest absolute Gasteiger partial charge is 0.467 e. The minimum atomic E-state index is -1.19. The first-order valence-electron chi connectivity index (χ1n) is 5.07. The maximum absolute atomic E-state index is 11.4. The van der Waals surface area contributed by atoms with Crippen molar-refractivity contribution in [3.8, 4) is 0 Å². The lowest BCUT2D eigenvalue weighted by Gasteiger charge is -2.28. The molecule has 0 aliphatic rings. The summed E-state index contributed by atoms with van der Waals surface area (Å²) in [5.74, 6) is -0.631. The van der Waals surface area contributed by atoms with E-state index in [0.717, 1.165) is 11.3 Å². The van der Waals surface area contributed by atoms with Gasteiger partial charge >= 0.3 is 5.97 Å². The predicted molar refractivity (Wildman–Crippen MR) is 59.0 cm³/mol. The summed E-state index contributed by atoms with van der Waals surface area (Å²) in [4.78, 5) is 11.4. The van der Waals surface area contributed by atoms with Gasteiger partial charge in [-0.15, -0.1) is 0 Å². The van der Waals surface area contributed by atoms with E-state index in [9.17, 15) is 9.90 Å². The van der Waals surface area contributed by atoms with E-state index in [1.54, 1.807) is 24.7 Å². The van der Waals surface area contributed by atoms with Crippen LogP contribution in [0.1, 0.15) is 25.1 Å². The maximum Gasteiger partial charge on any atom is 0.335 e.